The number of furan rings is 1. The zero-order chi connectivity index (χ0) is 12.9. The van der Waals surface area contributed by atoms with Gasteiger partial charge in [0.15, 0.2) is 0 Å². The van der Waals surface area contributed by atoms with Crippen LogP contribution < -0.4 is 5.32 Å². The molecule has 1 heterocycles. The van der Waals surface area contributed by atoms with Crippen LogP contribution in [-0.4, -0.2) is 38.6 Å². The van der Waals surface area contributed by atoms with Crippen LogP contribution in [0.25, 0.3) is 0 Å². The van der Waals surface area contributed by atoms with Gasteiger partial charge in [-0.25, -0.2) is 8.42 Å². The van der Waals surface area contributed by atoms with Crippen molar-refractivity contribution in [2.45, 2.75) is 20.4 Å². The molecule has 98 valence electrons. The third-order valence-corrected chi connectivity index (χ3v) is 4.24. The van der Waals surface area contributed by atoms with E-state index in [-0.39, 0.29) is 12.3 Å². The number of hydrogen-bond acceptors (Lipinski definition) is 4. The highest BCUT2D eigenvalue weighted by Gasteiger charge is 2.18. The summed E-state index contributed by atoms with van der Waals surface area (Å²) < 4.78 is 30.4. The highest BCUT2D eigenvalue weighted by atomic mass is 32.2. The topological polar surface area (TPSA) is 62.6 Å². The average molecular weight is 260 g/mol. The molecule has 0 saturated carbocycles. The zero-order valence-corrected chi connectivity index (χ0v) is 11.4. The normalized spacial score (nSPS) is 12.2. The van der Waals surface area contributed by atoms with Crippen molar-refractivity contribution in [1.29, 1.82) is 0 Å². The van der Waals surface area contributed by atoms with Gasteiger partial charge in [-0.1, -0.05) is 6.92 Å². The van der Waals surface area contributed by atoms with E-state index in [0.717, 1.165) is 12.3 Å². The Hall–Kier alpha value is -0.850. The van der Waals surface area contributed by atoms with Crippen LogP contribution in [0.3, 0.4) is 0 Å². The van der Waals surface area contributed by atoms with Crippen molar-refractivity contribution in [2.24, 2.45) is 0 Å². The Morgan fingerprint density at radius 3 is 2.65 bits per heavy atom. The van der Waals surface area contributed by atoms with Gasteiger partial charge in [0.1, 0.15) is 11.5 Å². The molecule has 0 aliphatic carbocycles. The lowest BCUT2D eigenvalue weighted by molar-refractivity contribution is 0.397. The van der Waals surface area contributed by atoms with Gasteiger partial charge in [0.2, 0.25) is 10.0 Å². The molecule has 0 atom stereocenters. The average Bonchev–Trinajstić information content (AvgIpc) is 2.64. The van der Waals surface area contributed by atoms with Crippen LogP contribution in [0.15, 0.2) is 16.5 Å². The van der Waals surface area contributed by atoms with Gasteiger partial charge in [-0.15, -0.1) is 0 Å². The molecule has 0 spiro atoms. The second-order valence-corrected chi connectivity index (χ2v) is 6.13. The van der Waals surface area contributed by atoms with E-state index >= 15 is 0 Å². The first-order chi connectivity index (χ1) is 7.95. The van der Waals surface area contributed by atoms with E-state index in [1.165, 1.54) is 4.31 Å². The smallest absolute Gasteiger partial charge is 0.215 e. The fraction of sp³-hybridized carbons (Fsp3) is 0.636. The predicted molar refractivity (Wildman–Crippen MR) is 67.2 cm³/mol. The number of nitrogens with one attached hydrogen (secondary N) is 1. The van der Waals surface area contributed by atoms with Crippen molar-refractivity contribution in [1.82, 2.24) is 9.62 Å². The molecule has 6 heteroatoms. The van der Waals surface area contributed by atoms with Gasteiger partial charge in [0.05, 0.1) is 12.3 Å². The second-order valence-electron chi connectivity index (χ2n) is 3.94. The maximum atomic E-state index is 11.9. The molecule has 1 aromatic rings. The number of hydrogen-bond donors (Lipinski definition) is 1. The Bertz CT molecular complexity index is 439. The van der Waals surface area contributed by atoms with E-state index in [0.29, 0.717) is 12.3 Å². The van der Waals surface area contributed by atoms with Crippen molar-refractivity contribution in [2.75, 3.05) is 25.9 Å². The molecular formula is C11H20N2O3S. The zero-order valence-electron chi connectivity index (χ0n) is 10.6. The second kappa shape index (κ2) is 6.18. The summed E-state index contributed by atoms with van der Waals surface area (Å²) in [5.74, 6) is 1.56. The summed E-state index contributed by atoms with van der Waals surface area (Å²) in [5.41, 5.74) is 0. The lowest BCUT2D eigenvalue weighted by atomic mass is 10.4. The lowest BCUT2D eigenvalue weighted by Crippen LogP contribution is -2.33. The van der Waals surface area contributed by atoms with Gasteiger partial charge >= 0.3 is 0 Å². The van der Waals surface area contributed by atoms with Crippen molar-refractivity contribution in [3.8, 4) is 0 Å². The molecule has 0 aliphatic heterocycles. The Labute approximate surface area is 103 Å². The number of sulfonamides is 1. The lowest BCUT2D eigenvalue weighted by Gasteiger charge is -2.15. The van der Waals surface area contributed by atoms with Crippen molar-refractivity contribution < 1.29 is 12.8 Å². The number of nitrogens with zero attached hydrogens (tertiary/aromatic N) is 1. The monoisotopic (exact) mass is 260 g/mol. The van der Waals surface area contributed by atoms with E-state index in [2.05, 4.69) is 5.32 Å². The van der Waals surface area contributed by atoms with Crippen LogP contribution in [0.4, 0.5) is 0 Å². The van der Waals surface area contributed by atoms with E-state index in [9.17, 15) is 8.42 Å². The minimum Gasteiger partial charge on any atom is -0.465 e. The van der Waals surface area contributed by atoms with Crippen molar-refractivity contribution in [3.05, 3.63) is 23.7 Å². The van der Waals surface area contributed by atoms with E-state index in [4.69, 9.17) is 4.42 Å². The Morgan fingerprint density at radius 1 is 1.41 bits per heavy atom. The van der Waals surface area contributed by atoms with E-state index in [1.54, 1.807) is 13.1 Å². The maximum absolute atomic E-state index is 11.9. The highest BCUT2D eigenvalue weighted by Crippen LogP contribution is 2.11. The minimum atomic E-state index is -3.21. The largest absolute Gasteiger partial charge is 0.465 e. The minimum absolute atomic E-state index is 0.108. The molecule has 17 heavy (non-hydrogen) atoms. The SMILES string of the molecule is CCNCCS(=O)(=O)N(C)Cc1ccc(C)o1. The predicted octanol–water partition coefficient (Wildman–Crippen LogP) is 0.959. The first-order valence-corrected chi connectivity index (χ1v) is 7.26. The molecule has 0 saturated heterocycles. The van der Waals surface area contributed by atoms with Gasteiger partial charge in [-0.2, -0.15) is 4.31 Å². The van der Waals surface area contributed by atoms with Gasteiger partial charge in [-0.3, -0.25) is 0 Å². The van der Waals surface area contributed by atoms with Crippen LogP contribution in [0.5, 0.6) is 0 Å². The molecule has 0 radical (unpaired) electrons. The standard InChI is InChI=1S/C11H20N2O3S/c1-4-12-7-8-17(14,15)13(3)9-11-6-5-10(2)16-11/h5-6,12H,4,7-9H2,1-3H3. The maximum Gasteiger partial charge on any atom is 0.215 e. The first kappa shape index (κ1) is 14.2. The summed E-state index contributed by atoms with van der Waals surface area (Å²) in [5, 5.41) is 3.00. The van der Waals surface area contributed by atoms with Crippen LogP contribution in [-0.2, 0) is 16.6 Å². The third-order valence-electron chi connectivity index (χ3n) is 2.44. The molecule has 1 aromatic heterocycles. The summed E-state index contributed by atoms with van der Waals surface area (Å²) in [6.07, 6.45) is 0. The number of aryl methyl sites for hydroxylation is 1. The Kier molecular flexibility index (Phi) is 5.17. The van der Waals surface area contributed by atoms with Crippen LogP contribution in [0.2, 0.25) is 0 Å². The van der Waals surface area contributed by atoms with Crippen LogP contribution >= 0.6 is 0 Å². The van der Waals surface area contributed by atoms with Gasteiger partial charge in [0.25, 0.3) is 0 Å². The molecule has 0 unspecified atom stereocenters. The summed E-state index contributed by atoms with van der Waals surface area (Å²) >= 11 is 0. The third kappa shape index (κ3) is 4.49. The fourth-order valence-corrected chi connectivity index (χ4v) is 2.46. The van der Waals surface area contributed by atoms with Gasteiger partial charge in [-0.05, 0) is 25.6 Å². The van der Waals surface area contributed by atoms with Crippen LogP contribution in [0, 0.1) is 6.92 Å². The quantitative estimate of drug-likeness (QED) is 0.742. The Balaban J connectivity index is 2.53. The summed E-state index contributed by atoms with van der Waals surface area (Å²) in [6.45, 7) is 5.31. The molecule has 0 amide bonds. The molecule has 0 fully saturated rings. The van der Waals surface area contributed by atoms with Crippen molar-refractivity contribution >= 4 is 10.0 Å². The van der Waals surface area contributed by atoms with E-state index in [1.807, 2.05) is 19.9 Å². The molecule has 5 nitrogen and oxygen atoms in total. The van der Waals surface area contributed by atoms with E-state index < -0.39 is 10.0 Å². The van der Waals surface area contributed by atoms with Gasteiger partial charge in [0, 0.05) is 13.6 Å². The van der Waals surface area contributed by atoms with Crippen LogP contribution in [0.1, 0.15) is 18.4 Å². The molecule has 1 N–H and O–H groups in total. The fourth-order valence-electron chi connectivity index (χ4n) is 1.42. The molecule has 0 aromatic carbocycles. The summed E-state index contributed by atoms with van der Waals surface area (Å²) in [4.78, 5) is 0. The molecular weight excluding hydrogens is 240 g/mol. The van der Waals surface area contributed by atoms with Crippen molar-refractivity contribution in [3.63, 3.8) is 0 Å². The molecule has 0 aliphatic rings. The summed E-state index contributed by atoms with van der Waals surface area (Å²) in [6, 6.07) is 3.63. The number of rotatable bonds is 7. The summed E-state index contributed by atoms with van der Waals surface area (Å²) in [7, 11) is -1.64. The molecule has 0 bridgehead atoms. The Morgan fingerprint density at radius 2 is 2.12 bits per heavy atom. The first-order valence-electron chi connectivity index (χ1n) is 5.65. The molecule has 1 rings (SSSR count). The highest BCUT2D eigenvalue weighted by molar-refractivity contribution is 7.89. The van der Waals surface area contributed by atoms with Gasteiger partial charge < -0.3 is 9.73 Å².